The maximum Gasteiger partial charge on any atom is 0.257 e. The van der Waals surface area contributed by atoms with Crippen LogP contribution in [0.2, 0.25) is 0 Å². The molecule has 7 nitrogen and oxygen atoms in total. The van der Waals surface area contributed by atoms with Gasteiger partial charge in [-0.1, -0.05) is 11.2 Å². The Morgan fingerprint density at radius 3 is 2.57 bits per heavy atom. The van der Waals surface area contributed by atoms with E-state index in [4.69, 9.17) is 9.26 Å². The second kappa shape index (κ2) is 6.17. The minimum Gasteiger partial charge on any atom is -0.497 e. The Balaban J connectivity index is 1.82. The summed E-state index contributed by atoms with van der Waals surface area (Å²) in [5, 5.41) is 3.70. The molecular weight excluding hydrogens is 318 g/mol. The van der Waals surface area contributed by atoms with Crippen molar-refractivity contribution >= 4 is 9.84 Å². The summed E-state index contributed by atoms with van der Waals surface area (Å²) in [5.41, 5.74) is 0.680. The number of benzene rings is 1. The Morgan fingerprint density at radius 1 is 1.13 bits per heavy atom. The zero-order valence-corrected chi connectivity index (χ0v) is 13.0. The molecule has 0 saturated heterocycles. The maximum absolute atomic E-state index is 12.2. The second-order valence-corrected chi connectivity index (χ2v) is 6.61. The molecule has 8 heteroatoms. The molecule has 0 aliphatic carbocycles. The fraction of sp³-hybridized carbons (Fsp3) is 0.133. The first-order chi connectivity index (χ1) is 11.1. The Morgan fingerprint density at radius 2 is 1.91 bits per heavy atom. The number of rotatable bonds is 5. The van der Waals surface area contributed by atoms with Crippen molar-refractivity contribution in [3.05, 3.63) is 54.5 Å². The highest BCUT2D eigenvalue weighted by Crippen LogP contribution is 2.21. The normalized spacial score (nSPS) is 11.3. The molecule has 0 atom stereocenters. The monoisotopic (exact) mass is 331 g/mol. The highest BCUT2D eigenvalue weighted by molar-refractivity contribution is 7.90. The van der Waals surface area contributed by atoms with Crippen LogP contribution >= 0.6 is 0 Å². The summed E-state index contributed by atoms with van der Waals surface area (Å²) >= 11 is 0. The van der Waals surface area contributed by atoms with Crippen molar-refractivity contribution in [1.29, 1.82) is 0 Å². The fourth-order valence-electron chi connectivity index (χ4n) is 1.94. The van der Waals surface area contributed by atoms with Crippen LogP contribution in [0.3, 0.4) is 0 Å². The minimum absolute atomic E-state index is 0.0178. The number of methoxy groups -OCH3 is 1. The molecule has 1 aromatic carbocycles. The number of pyridine rings is 1. The molecule has 0 amide bonds. The SMILES string of the molecule is COc1ccc(-c2nc(CS(=O)(=O)c3ccccn3)no2)cc1. The molecule has 0 radical (unpaired) electrons. The summed E-state index contributed by atoms with van der Waals surface area (Å²) in [7, 11) is -2.04. The van der Waals surface area contributed by atoms with Crippen LogP contribution in [0.25, 0.3) is 11.5 Å². The van der Waals surface area contributed by atoms with E-state index < -0.39 is 9.84 Å². The van der Waals surface area contributed by atoms with Crippen LogP contribution in [0.4, 0.5) is 0 Å². The van der Waals surface area contributed by atoms with Gasteiger partial charge in [-0.25, -0.2) is 13.4 Å². The van der Waals surface area contributed by atoms with Crippen molar-refractivity contribution in [2.75, 3.05) is 7.11 Å². The topological polar surface area (TPSA) is 95.2 Å². The van der Waals surface area contributed by atoms with Gasteiger partial charge in [0.25, 0.3) is 5.89 Å². The number of nitrogens with zero attached hydrogens (tertiary/aromatic N) is 3. The Hall–Kier alpha value is -2.74. The van der Waals surface area contributed by atoms with Gasteiger partial charge in [0, 0.05) is 11.8 Å². The molecule has 0 aliphatic rings. The Labute approximate surface area is 132 Å². The highest BCUT2D eigenvalue weighted by Gasteiger charge is 2.20. The first kappa shape index (κ1) is 15.2. The first-order valence-corrected chi connectivity index (χ1v) is 8.34. The van der Waals surface area contributed by atoms with Crippen molar-refractivity contribution in [1.82, 2.24) is 15.1 Å². The fourth-order valence-corrected chi connectivity index (χ4v) is 3.05. The average molecular weight is 331 g/mol. The molecular formula is C15H13N3O4S. The Bertz CT molecular complexity index is 890. The van der Waals surface area contributed by atoms with E-state index in [-0.39, 0.29) is 22.5 Å². The lowest BCUT2D eigenvalue weighted by Crippen LogP contribution is -2.07. The van der Waals surface area contributed by atoms with Crippen molar-refractivity contribution in [3.8, 4) is 17.2 Å². The number of ether oxygens (including phenoxy) is 1. The molecule has 2 aromatic heterocycles. The van der Waals surface area contributed by atoms with Gasteiger partial charge in [-0.2, -0.15) is 4.98 Å². The van der Waals surface area contributed by atoms with Crippen LogP contribution in [-0.4, -0.2) is 30.7 Å². The molecule has 23 heavy (non-hydrogen) atoms. The molecule has 0 N–H and O–H groups in total. The largest absolute Gasteiger partial charge is 0.497 e. The van der Waals surface area contributed by atoms with Crippen LogP contribution < -0.4 is 4.74 Å². The second-order valence-electron chi connectivity index (χ2n) is 4.67. The minimum atomic E-state index is -3.61. The average Bonchev–Trinajstić information content (AvgIpc) is 3.03. The van der Waals surface area contributed by atoms with E-state index in [9.17, 15) is 8.42 Å². The van der Waals surface area contributed by atoms with Crippen LogP contribution in [0.1, 0.15) is 5.82 Å². The zero-order valence-electron chi connectivity index (χ0n) is 12.2. The summed E-state index contributed by atoms with van der Waals surface area (Å²) in [6.07, 6.45) is 1.42. The van der Waals surface area contributed by atoms with Gasteiger partial charge < -0.3 is 9.26 Å². The van der Waals surface area contributed by atoms with Crippen LogP contribution in [0.15, 0.2) is 58.2 Å². The molecule has 2 heterocycles. The lowest BCUT2D eigenvalue weighted by Gasteiger charge is -1.99. The summed E-state index contributed by atoms with van der Waals surface area (Å²) in [6.45, 7) is 0. The quantitative estimate of drug-likeness (QED) is 0.706. The number of hydrogen-bond acceptors (Lipinski definition) is 7. The third-order valence-electron chi connectivity index (χ3n) is 3.08. The van der Waals surface area contributed by atoms with Crippen molar-refractivity contribution in [3.63, 3.8) is 0 Å². The van der Waals surface area contributed by atoms with Gasteiger partial charge in [-0.05, 0) is 36.4 Å². The third-order valence-corrected chi connectivity index (χ3v) is 4.60. The number of hydrogen-bond donors (Lipinski definition) is 0. The van der Waals surface area contributed by atoms with Gasteiger partial charge in [0.15, 0.2) is 10.9 Å². The molecule has 0 spiro atoms. The maximum atomic E-state index is 12.2. The van der Waals surface area contributed by atoms with Gasteiger partial charge >= 0.3 is 0 Å². The number of sulfone groups is 1. The summed E-state index contributed by atoms with van der Waals surface area (Å²) in [6, 6.07) is 11.7. The lowest BCUT2D eigenvalue weighted by molar-refractivity contribution is 0.414. The van der Waals surface area contributed by atoms with Gasteiger partial charge in [0.05, 0.1) is 7.11 Å². The number of aromatic nitrogens is 3. The van der Waals surface area contributed by atoms with Crippen molar-refractivity contribution < 1.29 is 17.7 Å². The summed E-state index contributed by atoms with van der Waals surface area (Å²) in [5.74, 6) is 0.662. The van der Waals surface area contributed by atoms with E-state index in [2.05, 4.69) is 15.1 Å². The summed E-state index contributed by atoms with van der Waals surface area (Å²) in [4.78, 5) is 7.96. The molecule has 0 saturated carbocycles. The molecule has 118 valence electrons. The molecule has 3 rings (SSSR count). The predicted molar refractivity (Wildman–Crippen MR) is 81.4 cm³/mol. The molecule has 0 bridgehead atoms. The van der Waals surface area contributed by atoms with Crippen molar-refractivity contribution in [2.45, 2.75) is 10.8 Å². The molecule has 0 aliphatic heterocycles. The zero-order chi connectivity index (χ0) is 16.3. The van der Waals surface area contributed by atoms with E-state index in [1.54, 1.807) is 43.5 Å². The highest BCUT2D eigenvalue weighted by atomic mass is 32.2. The molecule has 0 unspecified atom stereocenters. The van der Waals surface area contributed by atoms with Gasteiger partial charge in [-0.3, -0.25) is 0 Å². The van der Waals surface area contributed by atoms with E-state index in [1.807, 2.05) is 0 Å². The van der Waals surface area contributed by atoms with Crippen molar-refractivity contribution in [2.24, 2.45) is 0 Å². The molecule has 3 aromatic rings. The van der Waals surface area contributed by atoms with E-state index >= 15 is 0 Å². The first-order valence-electron chi connectivity index (χ1n) is 6.69. The van der Waals surface area contributed by atoms with Crippen LogP contribution in [0, 0.1) is 0 Å². The van der Waals surface area contributed by atoms with E-state index in [0.717, 1.165) is 0 Å². The predicted octanol–water partition coefficient (Wildman–Crippen LogP) is 2.11. The summed E-state index contributed by atoms with van der Waals surface area (Å²) < 4.78 is 34.7. The van der Waals surface area contributed by atoms with Gasteiger partial charge in [0.1, 0.15) is 11.5 Å². The third kappa shape index (κ3) is 3.37. The standard InChI is InChI=1S/C15H13N3O4S/c1-21-12-7-5-11(6-8-12)15-17-13(18-22-15)10-23(19,20)14-4-2-3-9-16-14/h2-9H,10H2,1H3. The van der Waals surface area contributed by atoms with Gasteiger partial charge in [0.2, 0.25) is 9.84 Å². The van der Waals surface area contributed by atoms with Crippen LogP contribution in [-0.2, 0) is 15.6 Å². The van der Waals surface area contributed by atoms with Crippen LogP contribution in [0.5, 0.6) is 5.75 Å². The van der Waals surface area contributed by atoms with E-state index in [0.29, 0.717) is 11.3 Å². The lowest BCUT2D eigenvalue weighted by atomic mass is 10.2. The smallest absolute Gasteiger partial charge is 0.257 e. The van der Waals surface area contributed by atoms with Gasteiger partial charge in [-0.15, -0.1) is 0 Å². The van der Waals surface area contributed by atoms with E-state index in [1.165, 1.54) is 12.3 Å². The molecule has 0 fully saturated rings. The Kier molecular flexibility index (Phi) is 4.07.